The molecule has 6 nitrogen and oxygen atoms in total. The van der Waals surface area contributed by atoms with Gasteiger partial charge in [-0.3, -0.25) is 9.80 Å². The SMILES string of the molecule is CC1=NN(c2ccc(C(=O)NC(C)c3ccc(-n4nc(C)cc4C)cc3)cc2)CC1. The van der Waals surface area contributed by atoms with Crippen molar-refractivity contribution >= 4 is 17.3 Å². The lowest BCUT2D eigenvalue weighted by molar-refractivity contribution is 0.0940. The molecule has 0 radical (unpaired) electrons. The van der Waals surface area contributed by atoms with E-state index in [1.54, 1.807) is 0 Å². The Hall–Kier alpha value is -3.41. The van der Waals surface area contributed by atoms with Crippen LogP contribution in [0, 0.1) is 13.8 Å². The molecule has 1 aromatic heterocycles. The van der Waals surface area contributed by atoms with E-state index in [-0.39, 0.29) is 11.9 Å². The first-order valence-electron chi connectivity index (χ1n) is 10.3. The van der Waals surface area contributed by atoms with Gasteiger partial charge >= 0.3 is 0 Å². The van der Waals surface area contributed by atoms with Crippen LogP contribution in [0.4, 0.5) is 5.69 Å². The lowest BCUT2D eigenvalue weighted by Gasteiger charge is -2.16. The van der Waals surface area contributed by atoms with E-state index in [0.717, 1.165) is 47.0 Å². The minimum absolute atomic E-state index is 0.0854. The van der Waals surface area contributed by atoms with Gasteiger partial charge in [0.15, 0.2) is 0 Å². The first-order valence-corrected chi connectivity index (χ1v) is 10.3. The summed E-state index contributed by atoms with van der Waals surface area (Å²) >= 11 is 0. The molecule has 154 valence electrons. The number of amides is 1. The van der Waals surface area contributed by atoms with Gasteiger partial charge in [0.1, 0.15) is 0 Å². The van der Waals surface area contributed by atoms with Gasteiger partial charge in [-0.05, 0) is 75.7 Å². The van der Waals surface area contributed by atoms with Crippen LogP contribution in [0.25, 0.3) is 5.69 Å². The third kappa shape index (κ3) is 4.13. The second kappa shape index (κ2) is 8.14. The molecule has 4 rings (SSSR count). The maximum absolute atomic E-state index is 12.7. The van der Waals surface area contributed by atoms with Gasteiger partial charge in [-0.2, -0.15) is 10.2 Å². The van der Waals surface area contributed by atoms with Crippen molar-refractivity contribution in [2.75, 3.05) is 11.6 Å². The van der Waals surface area contributed by atoms with Crippen LogP contribution in [0.1, 0.15) is 53.6 Å². The minimum Gasteiger partial charge on any atom is -0.346 e. The number of hydrazone groups is 1. The van der Waals surface area contributed by atoms with Crippen molar-refractivity contribution in [3.63, 3.8) is 0 Å². The van der Waals surface area contributed by atoms with Crippen molar-refractivity contribution < 1.29 is 4.79 Å². The Balaban J connectivity index is 1.41. The first-order chi connectivity index (χ1) is 14.4. The largest absolute Gasteiger partial charge is 0.346 e. The summed E-state index contributed by atoms with van der Waals surface area (Å²) in [7, 11) is 0. The Bertz CT molecular complexity index is 1080. The summed E-state index contributed by atoms with van der Waals surface area (Å²) < 4.78 is 1.93. The first kappa shape index (κ1) is 19.9. The van der Waals surface area contributed by atoms with E-state index in [1.807, 2.05) is 85.9 Å². The summed E-state index contributed by atoms with van der Waals surface area (Å²) in [6.07, 6.45) is 0.984. The van der Waals surface area contributed by atoms with E-state index in [0.29, 0.717) is 5.56 Å². The Kier molecular flexibility index (Phi) is 5.40. The number of benzene rings is 2. The summed E-state index contributed by atoms with van der Waals surface area (Å²) in [5.74, 6) is -0.0854. The smallest absolute Gasteiger partial charge is 0.251 e. The van der Waals surface area contributed by atoms with Gasteiger partial charge < -0.3 is 5.32 Å². The summed E-state index contributed by atoms with van der Waals surface area (Å²) in [4.78, 5) is 12.7. The topological polar surface area (TPSA) is 62.5 Å². The molecule has 0 saturated carbocycles. The summed E-state index contributed by atoms with van der Waals surface area (Å²) in [6, 6.07) is 17.7. The average molecular weight is 402 g/mol. The van der Waals surface area contributed by atoms with Crippen LogP contribution in [0.2, 0.25) is 0 Å². The molecule has 6 heteroatoms. The number of carbonyl (C=O) groups is 1. The number of hydrogen-bond donors (Lipinski definition) is 1. The zero-order valence-electron chi connectivity index (χ0n) is 17.9. The van der Waals surface area contributed by atoms with Gasteiger partial charge in [-0.25, -0.2) is 4.68 Å². The molecule has 0 fully saturated rings. The highest BCUT2D eigenvalue weighted by molar-refractivity contribution is 5.95. The Morgan fingerprint density at radius 2 is 1.67 bits per heavy atom. The summed E-state index contributed by atoms with van der Waals surface area (Å²) in [5, 5.41) is 14.1. The van der Waals surface area contributed by atoms with E-state index in [9.17, 15) is 4.79 Å². The second-order valence-corrected chi connectivity index (χ2v) is 7.88. The number of carbonyl (C=O) groups excluding carboxylic acids is 1. The molecule has 1 unspecified atom stereocenters. The van der Waals surface area contributed by atoms with Gasteiger partial charge in [0.2, 0.25) is 0 Å². The third-order valence-corrected chi connectivity index (χ3v) is 5.40. The van der Waals surface area contributed by atoms with E-state index in [2.05, 4.69) is 21.6 Å². The van der Waals surface area contributed by atoms with Gasteiger partial charge in [0.25, 0.3) is 5.91 Å². The molecular formula is C24H27N5O. The van der Waals surface area contributed by atoms with E-state index in [4.69, 9.17) is 0 Å². The van der Waals surface area contributed by atoms with Crippen molar-refractivity contribution in [2.45, 2.75) is 40.2 Å². The van der Waals surface area contributed by atoms with Crippen LogP contribution in [-0.2, 0) is 0 Å². The number of rotatable bonds is 5. The fourth-order valence-electron chi connectivity index (χ4n) is 3.70. The predicted octanol–water partition coefficient (Wildman–Crippen LogP) is 4.57. The molecule has 1 atom stereocenters. The Morgan fingerprint density at radius 3 is 2.23 bits per heavy atom. The van der Waals surface area contributed by atoms with Crippen molar-refractivity contribution in [1.29, 1.82) is 0 Å². The highest BCUT2D eigenvalue weighted by Crippen LogP contribution is 2.21. The molecular weight excluding hydrogens is 374 g/mol. The predicted molar refractivity (Wildman–Crippen MR) is 120 cm³/mol. The molecule has 1 aliphatic rings. The molecule has 0 aliphatic carbocycles. The Labute approximate surface area is 177 Å². The quantitative estimate of drug-likeness (QED) is 0.681. The third-order valence-electron chi connectivity index (χ3n) is 5.40. The van der Waals surface area contributed by atoms with Gasteiger partial charge in [0, 0.05) is 29.9 Å². The van der Waals surface area contributed by atoms with E-state index in [1.165, 1.54) is 0 Å². The highest BCUT2D eigenvalue weighted by Gasteiger charge is 2.15. The van der Waals surface area contributed by atoms with Crippen LogP contribution in [0.3, 0.4) is 0 Å². The van der Waals surface area contributed by atoms with Crippen LogP contribution < -0.4 is 10.3 Å². The second-order valence-electron chi connectivity index (χ2n) is 7.88. The zero-order chi connectivity index (χ0) is 21.3. The highest BCUT2D eigenvalue weighted by atomic mass is 16.1. The van der Waals surface area contributed by atoms with E-state index < -0.39 is 0 Å². The van der Waals surface area contributed by atoms with Crippen LogP contribution in [0.5, 0.6) is 0 Å². The molecule has 2 aromatic carbocycles. The standard InChI is InChI=1S/C24H27N5O/c1-16-13-14-28(26-16)22-9-7-21(8-10-22)24(30)25-19(4)20-5-11-23(12-6-20)29-18(3)15-17(2)27-29/h5-12,15,19H,13-14H2,1-4H3,(H,25,30). The fourth-order valence-corrected chi connectivity index (χ4v) is 3.70. The maximum atomic E-state index is 12.7. The lowest BCUT2D eigenvalue weighted by atomic mass is 10.1. The molecule has 0 bridgehead atoms. The van der Waals surface area contributed by atoms with Crippen molar-refractivity contribution in [3.05, 3.63) is 77.1 Å². The summed E-state index contributed by atoms with van der Waals surface area (Å²) in [6.45, 7) is 8.95. The Morgan fingerprint density at radius 1 is 1.00 bits per heavy atom. The van der Waals surface area contributed by atoms with Gasteiger partial charge in [-0.15, -0.1) is 0 Å². The molecule has 1 aliphatic heterocycles. The maximum Gasteiger partial charge on any atom is 0.251 e. The molecule has 1 N–H and O–H groups in total. The van der Waals surface area contributed by atoms with Gasteiger partial charge in [-0.1, -0.05) is 12.1 Å². The average Bonchev–Trinajstić information content (AvgIpc) is 3.32. The molecule has 1 amide bonds. The van der Waals surface area contributed by atoms with Crippen LogP contribution in [-0.4, -0.2) is 27.9 Å². The molecule has 30 heavy (non-hydrogen) atoms. The number of hydrogen-bond acceptors (Lipinski definition) is 4. The number of nitrogens with zero attached hydrogens (tertiary/aromatic N) is 4. The van der Waals surface area contributed by atoms with Crippen molar-refractivity contribution in [3.8, 4) is 5.69 Å². The number of anilines is 1. The normalized spacial score (nSPS) is 14.5. The zero-order valence-corrected chi connectivity index (χ0v) is 17.9. The minimum atomic E-state index is -0.0995. The monoisotopic (exact) mass is 401 g/mol. The van der Waals surface area contributed by atoms with E-state index >= 15 is 0 Å². The molecule has 0 spiro atoms. The number of nitrogens with one attached hydrogen (secondary N) is 1. The number of aromatic nitrogens is 2. The lowest BCUT2D eigenvalue weighted by Crippen LogP contribution is -2.26. The fraction of sp³-hybridized carbons (Fsp3) is 0.292. The molecule has 3 aromatic rings. The molecule has 2 heterocycles. The van der Waals surface area contributed by atoms with Crippen LogP contribution >= 0.6 is 0 Å². The molecule has 0 saturated heterocycles. The van der Waals surface area contributed by atoms with Crippen molar-refractivity contribution in [1.82, 2.24) is 15.1 Å². The summed E-state index contributed by atoms with van der Waals surface area (Å²) in [5.41, 5.74) is 6.94. The van der Waals surface area contributed by atoms with Crippen LogP contribution in [0.15, 0.2) is 59.7 Å². The van der Waals surface area contributed by atoms with Crippen molar-refractivity contribution in [2.24, 2.45) is 5.10 Å². The number of aryl methyl sites for hydroxylation is 2. The van der Waals surface area contributed by atoms with Gasteiger partial charge in [0.05, 0.1) is 23.1 Å².